The number of carbonyl (C=O) groups excluding carboxylic acids is 2. The maximum absolute atomic E-state index is 13.1. The van der Waals surface area contributed by atoms with Gasteiger partial charge >= 0.3 is 0 Å². The van der Waals surface area contributed by atoms with E-state index in [0.29, 0.717) is 40.6 Å². The van der Waals surface area contributed by atoms with Crippen LogP contribution in [-0.2, 0) is 9.59 Å². The Bertz CT molecular complexity index is 1410. The first-order valence-corrected chi connectivity index (χ1v) is 13.6. The minimum Gasteiger partial charge on any atom is -0.354 e. The van der Waals surface area contributed by atoms with Crippen LogP contribution >= 0.6 is 11.6 Å². The van der Waals surface area contributed by atoms with Crippen molar-refractivity contribution < 1.29 is 9.59 Å². The summed E-state index contributed by atoms with van der Waals surface area (Å²) >= 11 is 6.17. The predicted octanol–water partition coefficient (Wildman–Crippen LogP) is 5.26. The van der Waals surface area contributed by atoms with Gasteiger partial charge in [-0.05, 0) is 62.9 Å². The molecule has 2 N–H and O–H groups in total. The zero-order chi connectivity index (χ0) is 27.7. The van der Waals surface area contributed by atoms with Gasteiger partial charge in [-0.3, -0.25) is 14.5 Å². The van der Waals surface area contributed by atoms with E-state index in [1.807, 2.05) is 67.7 Å². The van der Waals surface area contributed by atoms with E-state index < -0.39 is 0 Å². The number of anilines is 3. The number of fused-ring (bicyclic) bond motifs is 1. The number of piperazine rings is 1. The Morgan fingerprint density at radius 3 is 2.46 bits per heavy atom. The van der Waals surface area contributed by atoms with E-state index in [9.17, 15) is 9.59 Å². The summed E-state index contributed by atoms with van der Waals surface area (Å²) in [6.07, 6.45) is 0. The molecule has 2 heterocycles. The van der Waals surface area contributed by atoms with Crippen molar-refractivity contribution in [1.29, 1.82) is 0 Å². The molecular formula is C31H34ClN5O2. The van der Waals surface area contributed by atoms with Crippen molar-refractivity contribution >= 4 is 51.7 Å². The van der Waals surface area contributed by atoms with Crippen molar-refractivity contribution in [1.82, 2.24) is 9.80 Å². The first-order chi connectivity index (χ1) is 18.7. The Hall–Kier alpha value is -3.65. The lowest BCUT2D eigenvalue weighted by Gasteiger charge is -2.42. The van der Waals surface area contributed by atoms with Crippen LogP contribution in [0.15, 0.2) is 72.8 Å². The predicted molar refractivity (Wildman–Crippen MR) is 160 cm³/mol. The average molecular weight is 544 g/mol. The molecule has 2 aliphatic heterocycles. The standard InChI is InChI=1S/C31H34ClN5O2/c1-20-18-37(21(2)17-35(20)3)19-28(38)36(4)25-13-11-24(12-14-25)33-30(22-8-6-5-7-9-22)29-26-15-10-23(32)16-27(26)34-31(29)39/h5-16,20-21,33H,17-19H2,1-4H3,(H,34,39)/t20-,21+/m1/s1. The van der Waals surface area contributed by atoms with Crippen molar-refractivity contribution in [3.05, 3.63) is 88.9 Å². The Balaban J connectivity index is 1.37. The SMILES string of the molecule is C[C@@H]1CN(CC(=O)N(C)c2ccc(NC(=C3C(=O)Nc4cc(Cl)ccc43)c3ccccc3)cc2)[C@@H](C)CN1C. The second kappa shape index (κ2) is 11.2. The zero-order valence-electron chi connectivity index (χ0n) is 22.7. The molecule has 1 saturated heterocycles. The summed E-state index contributed by atoms with van der Waals surface area (Å²) in [5.74, 6) is -0.127. The highest BCUT2D eigenvalue weighted by Crippen LogP contribution is 2.38. The van der Waals surface area contributed by atoms with Gasteiger partial charge in [-0.1, -0.05) is 48.0 Å². The van der Waals surface area contributed by atoms with Crippen molar-refractivity contribution in [2.24, 2.45) is 0 Å². The van der Waals surface area contributed by atoms with E-state index in [4.69, 9.17) is 11.6 Å². The fourth-order valence-electron chi connectivity index (χ4n) is 5.20. The largest absolute Gasteiger partial charge is 0.354 e. The van der Waals surface area contributed by atoms with E-state index in [-0.39, 0.29) is 11.8 Å². The Kier molecular flexibility index (Phi) is 7.75. The molecule has 0 aliphatic carbocycles. The van der Waals surface area contributed by atoms with Crippen LogP contribution in [0.4, 0.5) is 17.1 Å². The molecule has 3 aromatic rings. The second-order valence-corrected chi connectivity index (χ2v) is 10.9. The second-order valence-electron chi connectivity index (χ2n) is 10.5. The smallest absolute Gasteiger partial charge is 0.258 e. The third-order valence-corrected chi connectivity index (χ3v) is 7.94. The van der Waals surface area contributed by atoms with Crippen LogP contribution in [0, 0.1) is 0 Å². The fourth-order valence-corrected chi connectivity index (χ4v) is 5.38. The normalized spacial score (nSPS) is 20.8. The summed E-state index contributed by atoms with van der Waals surface area (Å²) in [6.45, 7) is 6.58. The molecule has 2 atom stereocenters. The van der Waals surface area contributed by atoms with Gasteiger partial charge < -0.3 is 20.4 Å². The Labute approximate surface area is 235 Å². The van der Waals surface area contributed by atoms with Gasteiger partial charge in [-0.25, -0.2) is 0 Å². The lowest BCUT2D eigenvalue weighted by atomic mass is 10.00. The van der Waals surface area contributed by atoms with Gasteiger partial charge in [-0.15, -0.1) is 0 Å². The maximum atomic E-state index is 13.1. The number of rotatable bonds is 6. The highest BCUT2D eigenvalue weighted by molar-refractivity contribution is 6.38. The van der Waals surface area contributed by atoms with E-state index >= 15 is 0 Å². The molecule has 3 aromatic carbocycles. The molecule has 7 nitrogen and oxygen atoms in total. The highest BCUT2D eigenvalue weighted by atomic mass is 35.5. The van der Waals surface area contributed by atoms with Gasteiger partial charge in [0.2, 0.25) is 5.91 Å². The molecular weight excluding hydrogens is 510 g/mol. The summed E-state index contributed by atoms with van der Waals surface area (Å²) < 4.78 is 0. The lowest BCUT2D eigenvalue weighted by molar-refractivity contribution is -0.120. The van der Waals surface area contributed by atoms with Gasteiger partial charge in [-0.2, -0.15) is 0 Å². The van der Waals surface area contributed by atoms with Crippen LogP contribution in [0.5, 0.6) is 0 Å². The number of likely N-dealkylation sites (N-methyl/N-ethyl adjacent to an activating group) is 2. The van der Waals surface area contributed by atoms with Crippen molar-refractivity contribution in [3.8, 4) is 0 Å². The fraction of sp³-hybridized carbons (Fsp3) is 0.290. The number of nitrogens with one attached hydrogen (secondary N) is 2. The van der Waals surface area contributed by atoms with Crippen LogP contribution in [0.1, 0.15) is 25.0 Å². The highest BCUT2D eigenvalue weighted by Gasteiger charge is 2.30. The first kappa shape index (κ1) is 26.9. The molecule has 0 radical (unpaired) electrons. The first-order valence-electron chi connectivity index (χ1n) is 13.2. The average Bonchev–Trinajstić information content (AvgIpc) is 3.25. The summed E-state index contributed by atoms with van der Waals surface area (Å²) in [4.78, 5) is 32.5. The number of amides is 2. The van der Waals surface area contributed by atoms with Gasteiger partial charge in [0, 0.05) is 54.2 Å². The van der Waals surface area contributed by atoms with Crippen LogP contribution in [0.25, 0.3) is 11.3 Å². The minimum absolute atomic E-state index is 0.0595. The number of nitrogens with zero attached hydrogens (tertiary/aromatic N) is 3. The molecule has 0 saturated carbocycles. The number of carbonyl (C=O) groups is 2. The maximum Gasteiger partial charge on any atom is 0.258 e. The topological polar surface area (TPSA) is 67.9 Å². The molecule has 1 fully saturated rings. The van der Waals surface area contributed by atoms with E-state index in [1.165, 1.54) is 0 Å². The molecule has 0 spiro atoms. The van der Waals surface area contributed by atoms with E-state index in [2.05, 4.69) is 41.3 Å². The van der Waals surface area contributed by atoms with Crippen LogP contribution in [0.3, 0.4) is 0 Å². The molecule has 0 bridgehead atoms. The molecule has 8 heteroatoms. The zero-order valence-corrected chi connectivity index (χ0v) is 23.5. The Morgan fingerprint density at radius 2 is 1.74 bits per heavy atom. The number of hydrogen-bond acceptors (Lipinski definition) is 5. The third kappa shape index (κ3) is 5.71. The molecule has 2 aliphatic rings. The van der Waals surface area contributed by atoms with E-state index in [0.717, 1.165) is 35.6 Å². The van der Waals surface area contributed by atoms with Gasteiger partial charge in [0.05, 0.1) is 23.5 Å². The van der Waals surface area contributed by atoms with Gasteiger partial charge in [0.15, 0.2) is 0 Å². The lowest BCUT2D eigenvalue weighted by Crippen LogP contribution is -2.57. The molecule has 5 rings (SSSR count). The molecule has 202 valence electrons. The molecule has 2 amide bonds. The minimum atomic E-state index is -0.187. The van der Waals surface area contributed by atoms with Gasteiger partial charge in [0.25, 0.3) is 5.91 Å². The molecule has 0 unspecified atom stereocenters. The summed E-state index contributed by atoms with van der Waals surface area (Å²) in [7, 11) is 3.95. The quantitative estimate of drug-likeness (QED) is 0.415. The molecule has 39 heavy (non-hydrogen) atoms. The number of benzene rings is 3. The third-order valence-electron chi connectivity index (χ3n) is 7.70. The number of hydrogen-bond donors (Lipinski definition) is 2. The summed E-state index contributed by atoms with van der Waals surface area (Å²) in [6, 6.07) is 23.6. The van der Waals surface area contributed by atoms with Crippen molar-refractivity contribution in [2.45, 2.75) is 25.9 Å². The Morgan fingerprint density at radius 1 is 1.03 bits per heavy atom. The monoisotopic (exact) mass is 543 g/mol. The summed E-state index contributed by atoms with van der Waals surface area (Å²) in [5.41, 5.74) is 5.25. The van der Waals surface area contributed by atoms with Crippen molar-refractivity contribution in [3.63, 3.8) is 0 Å². The molecule has 0 aromatic heterocycles. The van der Waals surface area contributed by atoms with Crippen LogP contribution in [0.2, 0.25) is 5.02 Å². The van der Waals surface area contributed by atoms with Crippen LogP contribution < -0.4 is 15.5 Å². The van der Waals surface area contributed by atoms with Crippen LogP contribution in [-0.4, -0.2) is 67.4 Å². The number of halogens is 1. The summed E-state index contributed by atoms with van der Waals surface area (Å²) in [5, 5.41) is 6.96. The van der Waals surface area contributed by atoms with Crippen molar-refractivity contribution in [2.75, 3.05) is 49.3 Å². The van der Waals surface area contributed by atoms with Gasteiger partial charge in [0.1, 0.15) is 0 Å². The van der Waals surface area contributed by atoms with E-state index in [1.54, 1.807) is 17.0 Å².